The lowest BCUT2D eigenvalue weighted by Crippen LogP contribution is -2.41. The van der Waals surface area contributed by atoms with E-state index in [-0.39, 0.29) is 25.2 Å². The summed E-state index contributed by atoms with van der Waals surface area (Å²) in [6, 6.07) is 0. The highest BCUT2D eigenvalue weighted by molar-refractivity contribution is 5.69. The topological polar surface area (TPSA) is 93.1 Å². The molecular formula is C51H100O6. The molecule has 0 aliphatic heterocycles. The van der Waals surface area contributed by atoms with E-state index >= 15 is 0 Å². The molecule has 0 fully saturated rings. The first-order valence-electron chi connectivity index (χ1n) is 25.6. The summed E-state index contributed by atoms with van der Waals surface area (Å²) >= 11 is 0. The lowest BCUT2D eigenvalue weighted by molar-refractivity contribution is -0.159. The SMILES string of the molecule is CCCCCCCCCCCCCCCCCCCCCCC(=O)OCC(CO)(CO)COC(=O)CCCCCCCCCCCCCCCCCCCCCC. The second-order valence-electron chi connectivity index (χ2n) is 18.1. The van der Waals surface area contributed by atoms with Crippen molar-refractivity contribution in [2.45, 2.75) is 284 Å². The molecule has 0 bridgehead atoms. The fourth-order valence-electron chi connectivity index (χ4n) is 7.93. The monoisotopic (exact) mass is 809 g/mol. The highest BCUT2D eigenvalue weighted by Crippen LogP contribution is 2.20. The van der Waals surface area contributed by atoms with Crippen LogP contribution >= 0.6 is 0 Å². The fraction of sp³-hybridized carbons (Fsp3) is 0.961. The van der Waals surface area contributed by atoms with Crippen LogP contribution in [0.4, 0.5) is 0 Å². The van der Waals surface area contributed by atoms with Crippen molar-refractivity contribution in [2.24, 2.45) is 5.41 Å². The van der Waals surface area contributed by atoms with Crippen LogP contribution in [0.25, 0.3) is 0 Å². The van der Waals surface area contributed by atoms with Crippen LogP contribution in [-0.2, 0) is 19.1 Å². The molecule has 0 saturated carbocycles. The average molecular weight is 809 g/mol. The highest BCUT2D eigenvalue weighted by Gasteiger charge is 2.33. The van der Waals surface area contributed by atoms with Crippen molar-refractivity contribution in [3.63, 3.8) is 0 Å². The summed E-state index contributed by atoms with van der Waals surface area (Å²) in [5.74, 6) is -0.640. The first-order valence-corrected chi connectivity index (χ1v) is 25.6. The first-order chi connectivity index (χ1) is 28.0. The molecule has 2 N–H and O–H groups in total. The van der Waals surface area contributed by atoms with E-state index in [0.717, 1.165) is 38.5 Å². The Balaban J connectivity index is 3.62. The second kappa shape index (κ2) is 45.9. The molecule has 0 aromatic carbocycles. The smallest absolute Gasteiger partial charge is 0.305 e. The lowest BCUT2D eigenvalue weighted by Gasteiger charge is -2.28. The Hall–Kier alpha value is -1.14. The highest BCUT2D eigenvalue weighted by atomic mass is 16.5. The summed E-state index contributed by atoms with van der Waals surface area (Å²) < 4.78 is 10.8. The van der Waals surface area contributed by atoms with Crippen molar-refractivity contribution in [1.29, 1.82) is 0 Å². The van der Waals surface area contributed by atoms with Gasteiger partial charge in [-0.1, -0.05) is 258 Å². The third-order valence-electron chi connectivity index (χ3n) is 12.2. The van der Waals surface area contributed by atoms with Gasteiger partial charge in [-0.15, -0.1) is 0 Å². The van der Waals surface area contributed by atoms with Gasteiger partial charge in [0.1, 0.15) is 13.2 Å². The number of esters is 2. The molecule has 0 rings (SSSR count). The number of hydrogen-bond donors (Lipinski definition) is 2. The predicted octanol–water partition coefficient (Wildman–Crippen LogP) is 15.5. The van der Waals surface area contributed by atoms with E-state index in [9.17, 15) is 19.8 Å². The largest absolute Gasteiger partial charge is 0.465 e. The molecule has 0 saturated heterocycles. The van der Waals surface area contributed by atoms with Gasteiger partial charge in [0.15, 0.2) is 0 Å². The summed E-state index contributed by atoms with van der Waals surface area (Å²) in [6.45, 7) is 3.44. The number of aliphatic hydroxyl groups is 2. The molecule has 57 heavy (non-hydrogen) atoms. The summed E-state index contributed by atoms with van der Waals surface area (Å²) in [7, 11) is 0. The van der Waals surface area contributed by atoms with Crippen molar-refractivity contribution >= 4 is 11.9 Å². The molecule has 0 spiro atoms. The number of hydrogen-bond acceptors (Lipinski definition) is 6. The van der Waals surface area contributed by atoms with Crippen LogP contribution in [0.1, 0.15) is 284 Å². The van der Waals surface area contributed by atoms with E-state index in [2.05, 4.69) is 13.8 Å². The first kappa shape index (κ1) is 55.9. The van der Waals surface area contributed by atoms with E-state index in [1.165, 1.54) is 218 Å². The molecular weight excluding hydrogens is 709 g/mol. The lowest BCUT2D eigenvalue weighted by atomic mass is 9.92. The number of aliphatic hydroxyl groups excluding tert-OH is 2. The summed E-state index contributed by atoms with van der Waals surface area (Å²) in [5.41, 5.74) is -1.16. The van der Waals surface area contributed by atoms with Crippen LogP contribution in [0.2, 0.25) is 0 Å². The third kappa shape index (κ3) is 41.4. The normalized spacial score (nSPS) is 11.7. The minimum absolute atomic E-state index is 0.148. The summed E-state index contributed by atoms with van der Waals surface area (Å²) in [6.07, 6.45) is 53.5. The van der Waals surface area contributed by atoms with Crippen LogP contribution in [0, 0.1) is 5.41 Å². The summed E-state index contributed by atoms with van der Waals surface area (Å²) in [4.78, 5) is 24.7. The van der Waals surface area contributed by atoms with Crippen molar-refractivity contribution in [1.82, 2.24) is 0 Å². The Morgan fingerprint density at radius 3 is 0.667 bits per heavy atom. The van der Waals surface area contributed by atoms with E-state index < -0.39 is 18.6 Å². The van der Waals surface area contributed by atoms with Gasteiger partial charge in [-0.2, -0.15) is 0 Å². The van der Waals surface area contributed by atoms with Crippen LogP contribution in [0.15, 0.2) is 0 Å². The van der Waals surface area contributed by atoms with Crippen LogP contribution in [-0.4, -0.2) is 48.6 Å². The number of unbranched alkanes of at least 4 members (excludes halogenated alkanes) is 38. The minimum Gasteiger partial charge on any atom is -0.465 e. The number of carbonyl (C=O) groups is 2. The standard InChI is InChI=1S/C51H100O6/c1-3-5-7-9-11-13-15-17-19-21-23-25-27-29-31-33-35-37-39-41-43-49(54)56-47-51(45-52,46-53)48-57-50(55)44-42-40-38-36-34-32-30-28-26-24-22-20-18-16-14-12-10-8-6-4-2/h52-53H,3-48H2,1-2H3. The van der Waals surface area contributed by atoms with Gasteiger partial charge < -0.3 is 19.7 Å². The van der Waals surface area contributed by atoms with Crippen molar-refractivity contribution in [3.8, 4) is 0 Å². The molecule has 0 aromatic heterocycles. The Labute approximate surface area is 355 Å². The second-order valence-corrected chi connectivity index (χ2v) is 18.1. The van der Waals surface area contributed by atoms with E-state index in [4.69, 9.17) is 9.47 Å². The van der Waals surface area contributed by atoms with Crippen molar-refractivity contribution in [3.05, 3.63) is 0 Å². The quantitative estimate of drug-likeness (QED) is 0.0470. The zero-order valence-corrected chi connectivity index (χ0v) is 38.6. The molecule has 0 aliphatic carbocycles. The third-order valence-corrected chi connectivity index (χ3v) is 12.2. The molecule has 340 valence electrons. The molecule has 0 aromatic rings. The van der Waals surface area contributed by atoms with Gasteiger partial charge in [-0.3, -0.25) is 9.59 Å². The maximum Gasteiger partial charge on any atom is 0.305 e. The molecule has 0 aliphatic rings. The Morgan fingerprint density at radius 2 is 0.491 bits per heavy atom. The maximum atomic E-state index is 12.4. The molecule has 6 nitrogen and oxygen atoms in total. The number of ether oxygens (including phenoxy) is 2. The Kier molecular flexibility index (Phi) is 45.0. The Morgan fingerprint density at radius 1 is 0.316 bits per heavy atom. The average Bonchev–Trinajstić information content (AvgIpc) is 3.22. The van der Waals surface area contributed by atoms with Crippen molar-refractivity contribution < 1.29 is 29.3 Å². The molecule has 0 heterocycles. The van der Waals surface area contributed by atoms with Gasteiger partial charge in [-0.25, -0.2) is 0 Å². The zero-order valence-electron chi connectivity index (χ0n) is 38.6. The Bertz CT molecular complexity index is 750. The minimum atomic E-state index is -1.16. The van der Waals surface area contributed by atoms with Gasteiger partial charge in [0.25, 0.3) is 0 Å². The summed E-state index contributed by atoms with van der Waals surface area (Å²) in [5, 5.41) is 19.9. The fourth-order valence-corrected chi connectivity index (χ4v) is 7.93. The van der Waals surface area contributed by atoms with Gasteiger partial charge in [0, 0.05) is 12.8 Å². The van der Waals surface area contributed by atoms with Gasteiger partial charge in [0.05, 0.1) is 18.6 Å². The van der Waals surface area contributed by atoms with E-state index in [1.807, 2.05) is 0 Å². The van der Waals surface area contributed by atoms with Crippen molar-refractivity contribution in [2.75, 3.05) is 26.4 Å². The van der Waals surface area contributed by atoms with E-state index in [0.29, 0.717) is 12.8 Å². The number of rotatable bonds is 48. The van der Waals surface area contributed by atoms with Crippen LogP contribution < -0.4 is 0 Å². The zero-order chi connectivity index (χ0) is 41.6. The molecule has 0 atom stereocenters. The number of carbonyl (C=O) groups excluding carboxylic acids is 2. The van der Waals surface area contributed by atoms with Crippen LogP contribution in [0.3, 0.4) is 0 Å². The van der Waals surface area contributed by atoms with Gasteiger partial charge in [-0.05, 0) is 12.8 Å². The molecule has 6 heteroatoms. The molecule has 0 unspecified atom stereocenters. The maximum absolute atomic E-state index is 12.4. The predicted molar refractivity (Wildman–Crippen MR) is 244 cm³/mol. The van der Waals surface area contributed by atoms with E-state index in [1.54, 1.807) is 0 Å². The van der Waals surface area contributed by atoms with Crippen LogP contribution in [0.5, 0.6) is 0 Å². The van der Waals surface area contributed by atoms with Gasteiger partial charge >= 0.3 is 11.9 Å². The molecule has 0 radical (unpaired) electrons. The van der Waals surface area contributed by atoms with Gasteiger partial charge in [0.2, 0.25) is 0 Å². The molecule has 0 amide bonds.